The van der Waals surface area contributed by atoms with Gasteiger partial charge in [-0.3, -0.25) is 9.69 Å². The number of rotatable bonds is 7. The molecule has 0 radical (unpaired) electrons. The van der Waals surface area contributed by atoms with Crippen LogP contribution in [0.4, 0.5) is 0 Å². The van der Waals surface area contributed by atoms with Crippen LogP contribution in [0.5, 0.6) is 0 Å². The Bertz CT molecular complexity index is 1150. The van der Waals surface area contributed by atoms with E-state index in [0.717, 1.165) is 27.3 Å². The lowest BCUT2D eigenvalue weighted by atomic mass is 10.1. The van der Waals surface area contributed by atoms with E-state index in [0.29, 0.717) is 12.1 Å². The Morgan fingerprint density at radius 3 is 2.79 bits per heavy atom. The molecule has 3 atom stereocenters. The van der Waals surface area contributed by atoms with E-state index in [-0.39, 0.29) is 25.3 Å². The molecule has 0 aliphatic carbocycles. The van der Waals surface area contributed by atoms with Crippen molar-refractivity contribution in [1.29, 1.82) is 5.26 Å². The zero-order chi connectivity index (χ0) is 23.4. The zero-order valence-electron chi connectivity index (χ0n) is 18.3. The van der Waals surface area contributed by atoms with Gasteiger partial charge in [-0.15, -0.1) is 11.3 Å². The van der Waals surface area contributed by atoms with Gasteiger partial charge < -0.3 is 15.5 Å². The molecule has 1 aromatic heterocycles. The number of β-amino-alcohol motifs (C(OH)–C–C–N with tert-alkyl or cyclic N) is 1. The van der Waals surface area contributed by atoms with Crippen molar-refractivity contribution >= 4 is 17.2 Å². The van der Waals surface area contributed by atoms with E-state index in [2.05, 4.69) is 16.4 Å². The second kappa shape index (κ2) is 10.2. The van der Waals surface area contributed by atoms with Crippen LogP contribution >= 0.6 is 11.3 Å². The van der Waals surface area contributed by atoms with Crippen molar-refractivity contribution in [2.75, 3.05) is 6.54 Å². The molecule has 1 aliphatic heterocycles. The van der Waals surface area contributed by atoms with E-state index in [9.17, 15) is 15.0 Å². The number of nitriles is 1. The van der Waals surface area contributed by atoms with Crippen LogP contribution in [0, 0.1) is 18.3 Å². The minimum atomic E-state index is -1.04. The maximum atomic E-state index is 13.0. The second-order valence-electron chi connectivity index (χ2n) is 8.24. The first kappa shape index (κ1) is 23.1. The highest BCUT2D eigenvalue weighted by Crippen LogP contribution is 2.29. The molecular weight excluding hydrogens is 436 g/mol. The van der Waals surface area contributed by atoms with Crippen LogP contribution in [-0.2, 0) is 17.8 Å². The van der Waals surface area contributed by atoms with Gasteiger partial charge in [0.05, 0.1) is 40.7 Å². The number of aryl methyl sites for hydroxylation is 1. The van der Waals surface area contributed by atoms with Gasteiger partial charge in [0.1, 0.15) is 6.23 Å². The van der Waals surface area contributed by atoms with Gasteiger partial charge in [0.15, 0.2) is 0 Å². The summed E-state index contributed by atoms with van der Waals surface area (Å²) in [5, 5.41) is 33.0. The fourth-order valence-electron chi connectivity index (χ4n) is 4.17. The summed E-state index contributed by atoms with van der Waals surface area (Å²) < 4.78 is 0. The summed E-state index contributed by atoms with van der Waals surface area (Å²) in [6.07, 6.45) is -1.24. The quantitative estimate of drug-likeness (QED) is 0.498. The summed E-state index contributed by atoms with van der Waals surface area (Å²) in [6, 6.07) is 16.6. The Morgan fingerprint density at radius 2 is 2.09 bits per heavy atom. The molecule has 0 saturated carbocycles. The van der Waals surface area contributed by atoms with Crippen LogP contribution in [-0.4, -0.2) is 44.7 Å². The third-order valence-electron chi connectivity index (χ3n) is 5.89. The summed E-state index contributed by atoms with van der Waals surface area (Å²) in [5.41, 5.74) is 6.28. The SMILES string of the molecule is Cc1ncsc1-c1ccc(CNC(=O)[C@@H]2C[C@@H](O)CN2C(O)c2cccc(CC#N)c2)cc1. The lowest BCUT2D eigenvalue weighted by Crippen LogP contribution is -2.44. The molecule has 1 unspecified atom stereocenters. The molecule has 1 amide bonds. The Hall–Kier alpha value is -3.09. The minimum absolute atomic E-state index is 0.199. The van der Waals surface area contributed by atoms with Crippen molar-refractivity contribution in [3.05, 3.63) is 76.4 Å². The summed E-state index contributed by atoms with van der Waals surface area (Å²) >= 11 is 1.60. The normalized spacial score (nSPS) is 19.2. The van der Waals surface area contributed by atoms with Crippen LogP contribution in [0.1, 0.15) is 35.0 Å². The smallest absolute Gasteiger partial charge is 0.237 e. The molecule has 4 rings (SSSR count). The lowest BCUT2D eigenvalue weighted by Gasteiger charge is -2.29. The Morgan fingerprint density at radius 1 is 1.30 bits per heavy atom. The maximum Gasteiger partial charge on any atom is 0.237 e. The van der Waals surface area contributed by atoms with Crippen molar-refractivity contribution < 1.29 is 15.0 Å². The van der Waals surface area contributed by atoms with Crippen molar-refractivity contribution in [3.8, 4) is 16.5 Å². The highest BCUT2D eigenvalue weighted by molar-refractivity contribution is 7.13. The number of hydrogen-bond acceptors (Lipinski definition) is 7. The number of thiazole rings is 1. The molecule has 7 nitrogen and oxygen atoms in total. The molecule has 3 N–H and O–H groups in total. The first-order valence-corrected chi connectivity index (χ1v) is 11.7. The number of nitrogens with one attached hydrogen (secondary N) is 1. The Balaban J connectivity index is 1.41. The number of amides is 1. The maximum absolute atomic E-state index is 13.0. The number of carbonyl (C=O) groups is 1. The number of carbonyl (C=O) groups excluding carboxylic acids is 1. The highest BCUT2D eigenvalue weighted by Gasteiger charge is 2.39. The predicted molar refractivity (Wildman–Crippen MR) is 126 cm³/mol. The van der Waals surface area contributed by atoms with Gasteiger partial charge in [0, 0.05) is 13.1 Å². The van der Waals surface area contributed by atoms with Crippen LogP contribution in [0.15, 0.2) is 54.0 Å². The highest BCUT2D eigenvalue weighted by atomic mass is 32.1. The topological polar surface area (TPSA) is 109 Å². The van der Waals surface area contributed by atoms with E-state index in [1.807, 2.05) is 42.8 Å². The van der Waals surface area contributed by atoms with Gasteiger partial charge in [0.2, 0.25) is 5.91 Å². The van der Waals surface area contributed by atoms with Gasteiger partial charge in [-0.1, -0.05) is 48.5 Å². The second-order valence-corrected chi connectivity index (χ2v) is 9.09. The summed E-state index contributed by atoms with van der Waals surface area (Å²) in [7, 11) is 0. The van der Waals surface area contributed by atoms with Crippen molar-refractivity contribution in [2.24, 2.45) is 0 Å². The average Bonchev–Trinajstić information content (AvgIpc) is 3.43. The third-order valence-corrected chi connectivity index (χ3v) is 6.87. The predicted octanol–water partition coefficient (Wildman–Crippen LogP) is 2.93. The van der Waals surface area contributed by atoms with Gasteiger partial charge in [-0.2, -0.15) is 5.26 Å². The first-order valence-electron chi connectivity index (χ1n) is 10.8. The van der Waals surface area contributed by atoms with Crippen LogP contribution in [0.25, 0.3) is 10.4 Å². The third kappa shape index (κ3) is 5.29. The van der Waals surface area contributed by atoms with Crippen molar-refractivity contribution in [1.82, 2.24) is 15.2 Å². The van der Waals surface area contributed by atoms with E-state index in [4.69, 9.17) is 5.26 Å². The molecule has 1 fully saturated rings. The summed E-state index contributed by atoms with van der Waals surface area (Å²) in [4.78, 5) is 20.0. The molecule has 0 bridgehead atoms. The number of benzene rings is 2. The number of nitrogens with zero attached hydrogens (tertiary/aromatic N) is 3. The number of aliphatic hydroxyl groups excluding tert-OH is 2. The lowest BCUT2D eigenvalue weighted by molar-refractivity contribution is -0.129. The molecule has 33 heavy (non-hydrogen) atoms. The molecule has 170 valence electrons. The van der Waals surface area contributed by atoms with E-state index < -0.39 is 18.4 Å². The van der Waals surface area contributed by atoms with E-state index in [1.54, 1.807) is 34.4 Å². The van der Waals surface area contributed by atoms with Gasteiger partial charge in [-0.05, 0) is 35.6 Å². The van der Waals surface area contributed by atoms with Gasteiger partial charge in [-0.25, -0.2) is 4.98 Å². The Kier molecular flexibility index (Phi) is 7.16. The van der Waals surface area contributed by atoms with Crippen molar-refractivity contribution in [3.63, 3.8) is 0 Å². The van der Waals surface area contributed by atoms with Crippen LogP contribution in [0.3, 0.4) is 0 Å². The zero-order valence-corrected chi connectivity index (χ0v) is 19.1. The number of hydrogen-bond donors (Lipinski definition) is 3. The monoisotopic (exact) mass is 462 g/mol. The number of aromatic nitrogens is 1. The molecule has 1 saturated heterocycles. The van der Waals surface area contributed by atoms with Crippen LogP contribution in [0.2, 0.25) is 0 Å². The number of aliphatic hydroxyl groups is 2. The average molecular weight is 463 g/mol. The molecule has 3 aromatic rings. The fourth-order valence-corrected chi connectivity index (χ4v) is 4.98. The first-order chi connectivity index (χ1) is 16.0. The minimum Gasteiger partial charge on any atom is -0.392 e. The van der Waals surface area contributed by atoms with E-state index >= 15 is 0 Å². The molecule has 2 heterocycles. The molecule has 0 spiro atoms. The van der Waals surface area contributed by atoms with E-state index in [1.165, 1.54) is 0 Å². The van der Waals surface area contributed by atoms with Gasteiger partial charge >= 0.3 is 0 Å². The summed E-state index contributed by atoms with van der Waals surface area (Å²) in [5.74, 6) is -0.235. The number of likely N-dealkylation sites (tertiary alicyclic amines) is 1. The standard InChI is InChI=1S/C25H26N4O3S/c1-16-23(33-15-28-16)19-7-5-18(6-8-19)13-27-24(31)22-12-21(30)14-29(22)25(32)20-4-2-3-17(11-20)9-10-26/h2-8,11,15,21-22,25,30,32H,9,12-14H2,1H3,(H,27,31)/t21-,22+,25?/m1/s1. The summed E-state index contributed by atoms with van der Waals surface area (Å²) in [6.45, 7) is 2.54. The van der Waals surface area contributed by atoms with Gasteiger partial charge in [0.25, 0.3) is 0 Å². The Labute approximate surface area is 197 Å². The largest absolute Gasteiger partial charge is 0.392 e. The van der Waals surface area contributed by atoms with Crippen LogP contribution < -0.4 is 5.32 Å². The molecular formula is C25H26N4O3S. The molecule has 2 aromatic carbocycles. The van der Waals surface area contributed by atoms with Crippen molar-refractivity contribution in [2.45, 2.75) is 44.7 Å². The molecule has 8 heteroatoms. The molecule has 1 aliphatic rings. The fraction of sp³-hybridized carbons (Fsp3) is 0.320.